The van der Waals surface area contributed by atoms with E-state index < -0.39 is 6.04 Å². The molecule has 0 saturated carbocycles. The first-order valence-corrected chi connectivity index (χ1v) is 10.0. The largest absolute Gasteiger partial charge is 0.450 e. The molecule has 0 radical (unpaired) electrons. The summed E-state index contributed by atoms with van der Waals surface area (Å²) in [7, 11) is 3.87. The first-order chi connectivity index (χ1) is 13.8. The molecule has 1 aliphatic rings. The van der Waals surface area contributed by atoms with Crippen LogP contribution in [0.15, 0.2) is 45.6 Å². The van der Waals surface area contributed by atoms with Crippen molar-refractivity contribution in [3.63, 3.8) is 0 Å². The fraction of sp³-hybridized carbons (Fsp3) is 0.273. The fourth-order valence-corrected chi connectivity index (χ4v) is 4.06. The zero-order valence-electron chi connectivity index (χ0n) is 16.3. The van der Waals surface area contributed by atoms with E-state index in [0.29, 0.717) is 39.7 Å². The van der Waals surface area contributed by atoms with Gasteiger partial charge in [0.1, 0.15) is 5.58 Å². The van der Waals surface area contributed by atoms with Gasteiger partial charge in [0.05, 0.1) is 17.0 Å². The molecule has 2 heterocycles. The number of rotatable bonds is 4. The number of carbonyl (C=O) groups excluding carboxylic acids is 1. The number of benzene rings is 2. The second kappa shape index (κ2) is 7.48. The van der Waals surface area contributed by atoms with Gasteiger partial charge in [0, 0.05) is 23.1 Å². The lowest BCUT2D eigenvalue weighted by Crippen LogP contribution is -2.35. The number of fused-ring (bicyclic) bond motifs is 2. The number of hydrogen-bond acceptors (Lipinski definition) is 4. The Bertz CT molecular complexity index is 1190. The quantitative estimate of drug-likeness (QED) is 0.610. The summed E-state index contributed by atoms with van der Waals surface area (Å²) in [6.07, 6.45) is 0. The minimum atomic E-state index is -0.558. The van der Waals surface area contributed by atoms with Crippen molar-refractivity contribution in [2.24, 2.45) is 0 Å². The molecule has 0 N–H and O–H groups in total. The van der Waals surface area contributed by atoms with Crippen LogP contribution in [0.4, 0.5) is 0 Å². The Labute approximate surface area is 178 Å². The van der Waals surface area contributed by atoms with Crippen molar-refractivity contribution in [2.45, 2.75) is 13.0 Å². The molecule has 5 nitrogen and oxygen atoms in total. The number of nitrogens with zero attached hydrogens (tertiary/aromatic N) is 2. The summed E-state index contributed by atoms with van der Waals surface area (Å²) >= 11 is 12.5. The van der Waals surface area contributed by atoms with Crippen molar-refractivity contribution in [2.75, 3.05) is 27.2 Å². The van der Waals surface area contributed by atoms with Gasteiger partial charge in [0.2, 0.25) is 5.76 Å². The zero-order chi connectivity index (χ0) is 20.9. The summed E-state index contributed by atoms with van der Waals surface area (Å²) in [6.45, 7) is 2.92. The van der Waals surface area contributed by atoms with Gasteiger partial charge in [-0.1, -0.05) is 35.3 Å². The van der Waals surface area contributed by atoms with E-state index in [1.807, 2.05) is 38.1 Å². The molecule has 0 bridgehead atoms. The molecule has 0 aliphatic carbocycles. The monoisotopic (exact) mass is 430 g/mol. The molecule has 4 rings (SSSR count). The van der Waals surface area contributed by atoms with Gasteiger partial charge in [-0.3, -0.25) is 9.59 Å². The third-order valence-corrected chi connectivity index (χ3v) is 5.84. The van der Waals surface area contributed by atoms with E-state index in [2.05, 4.69) is 0 Å². The molecule has 1 amide bonds. The highest BCUT2D eigenvalue weighted by molar-refractivity contribution is 6.32. The summed E-state index contributed by atoms with van der Waals surface area (Å²) in [5.74, 6) is -0.202. The van der Waals surface area contributed by atoms with Crippen molar-refractivity contribution < 1.29 is 9.21 Å². The van der Waals surface area contributed by atoms with Crippen LogP contribution in [0.25, 0.3) is 11.0 Å². The van der Waals surface area contributed by atoms with E-state index in [1.54, 1.807) is 29.2 Å². The van der Waals surface area contributed by atoms with E-state index in [1.165, 1.54) is 0 Å². The predicted octanol–water partition coefficient (Wildman–Crippen LogP) is 4.52. The van der Waals surface area contributed by atoms with Gasteiger partial charge < -0.3 is 14.2 Å². The van der Waals surface area contributed by atoms with Crippen molar-refractivity contribution >= 4 is 40.1 Å². The number of likely N-dealkylation sites (N-methyl/N-ethyl adjacent to an activating group) is 1. The Balaban J connectivity index is 1.97. The van der Waals surface area contributed by atoms with Gasteiger partial charge >= 0.3 is 0 Å². The normalized spacial score (nSPS) is 16.1. The molecule has 1 aliphatic heterocycles. The molecule has 1 atom stereocenters. The maximum absolute atomic E-state index is 13.4. The van der Waals surface area contributed by atoms with Crippen LogP contribution in [0, 0.1) is 6.92 Å². The summed E-state index contributed by atoms with van der Waals surface area (Å²) in [5.41, 5.74) is 2.01. The topological polar surface area (TPSA) is 53.8 Å². The lowest BCUT2D eigenvalue weighted by molar-refractivity contribution is 0.0716. The lowest BCUT2D eigenvalue weighted by atomic mass is 9.98. The lowest BCUT2D eigenvalue weighted by Gasteiger charge is -2.26. The Morgan fingerprint density at radius 3 is 2.59 bits per heavy atom. The van der Waals surface area contributed by atoms with Gasteiger partial charge in [-0.15, -0.1) is 0 Å². The second-order valence-corrected chi connectivity index (χ2v) is 8.37. The summed E-state index contributed by atoms with van der Waals surface area (Å²) in [4.78, 5) is 30.3. The molecule has 2 aromatic carbocycles. The van der Waals surface area contributed by atoms with E-state index in [-0.39, 0.29) is 17.1 Å². The van der Waals surface area contributed by atoms with Gasteiger partial charge in [-0.2, -0.15) is 0 Å². The predicted molar refractivity (Wildman–Crippen MR) is 115 cm³/mol. The number of halogens is 2. The number of hydrogen-bond donors (Lipinski definition) is 0. The molecule has 0 fully saturated rings. The Morgan fingerprint density at radius 2 is 1.90 bits per heavy atom. The molecule has 0 saturated heterocycles. The second-order valence-electron chi connectivity index (χ2n) is 7.53. The van der Waals surface area contributed by atoms with Gasteiger partial charge in [0.15, 0.2) is 5.43 Å². The highest BCUT2D eigenvalue weighted by Crippen LogP contribution is 2.39. The van der Waals surface area contributed by atoms with Crippen LogP contribution in [0.1, 0.15) is 33.3 Å². The van der Waals surface area contributed by atoms with Crippen molar-refractivity contribution in [3.05, 3.63) is 79.1 Å². The third-order valence-electron chi connectivity index (χ3n) is 5.20. The molecular weight excluding hydrogens is 411 g/mol. The number of amides is 1. The average molecular weight is 431 g/mol. The summed E-state index contributed by atoms with van der Waals surface area (Å²) in [6, 6.07) is 9.97. The molecule has 1 aromatic heterocycles. The Kier molecular flexibility index (Phi) is 5.15. The standard InChI is InChI=1S/C22H20Cl2N2O3/c1-12-9-17-15(11-16(12)24)20(27)18-19(13-5-4-6-14(23)10-13)26(8-7-25(2)3)22(28)21(18)29-17/h4-6,9-11,19H,7-8H2,1-3H3/t19-/m1/s1. The van der Waals surface area contributed by atoms with Crippen LogP contribution < -0.4 is 5.43 Å². The van der Waals surface area contributed by atoms with Crippen LogP contribution in [0.3, 0.4) is 0 Å². The molecular formula is C22H20Cl2N2O3. The fourth-order valence-electron chi connectivity index (χ4n) is 3.70. The number of carbonyl (C=O) groups is 1. The van der Waals surface area contributed by atoms with E-state index in [9.17, 15) is 9.59 Å². The van der Waals surface area contributed by atoms with Crippen LogP contribution >= 0.6 is 23.2 Å². The highest BCUT2D eigenvalue weighted by atomic mass is 35.5. The van der Waals surface area contributed by atoms with Gasteiger partial charge in [0.25, 0.3) is 5.91 Å². The van der Waals surface area contributed by atoms with Crippen LogP contribution in [0.5, 0.6) is 0 Å². The Morgan fingerprint density at radius 1 is 1.14 bits per heavy atom. The SMILES string of the molecule is Cc1cc2oc3c(c(=O)c2cc1Cl)[C@@H](c1cccc(Cl)c1)N(CCN(C)C)C3=O. The van der Waals surface area contributed by atoms with Crippen LogP contribution in [-0.2, 0) is 0 Å². The molecule has 7 heteroatoms. The molecule has 0 unspecified atom stereocenters. The van der Waals surface area contributed by atoms with E-state index in [0.717, 1.165) is 11.1 Å². The van der Waals surface area contributed by atoms with Gasteiger partial charge in [-0.05, 0) is 56.4 Å². The van der Waals surface area contributed by atoms with Crippen LogP contribution in [-0.4, -0.2) is 42.9 Å². The van der Waals surface area contributed by atoms with E-state index in [4.69, 9.17) is 27.6 Å². The maximum atomic E-state index is 13.4. The Hall–Kier alpha value is -2.34. The van der Waals surface area contributed by atoms with Gasteiger partial charge in [-0.25, -0.2) is 0 Å². The molecule has 29 heavy (non-hydrogen) atoms. The molecule has 0 spiro atoms. The molecule has 3 aromatic rings. The smallest absolute Gasteiger partial charge is 0.290 e. The summed E-state index contributed by atoms with van der Waals surface area (Å²) < 4.78 is 5.96. The van der Waals surface area contributed by atoms with E-state index >= 15 is 0 Å². The number of aryl methyl sites for hydroxylation is 1. The minimum Gasteiger partial charge on any atom is -0.450 e. The maximum Gasteiger partial charge on any atom is 0.290 e. The molecule has 150 valence electrons. The van der Waals surface area contributed by atoms with Crippen molar-refractivity contribution in [1.29, 1.82) is 0 Å². The minimum absolute atomic E-state index is 0.0907. The average Bonchev–Trinajstić information content (AvgIpc) is 2.94. The van der Waals surface area contributed by atoms with Crippen LogP contribution in [0.2, 0.25) is 10.0 Å². The zero-order valence-corrected chi connectivity index (χ0v) is 17.8. The van der Waals surface area contributed by atoms with Crippen molar-refractivity contribution in [1.82, 2.24) is 9.80 Å². The highest BCUT2D eigenvalue weighted by Gasteiger charge is 2.42. The first kappa shape index (κ1) is 20.0. The first-order valence-electron chi connectivity index (χ1n) is 9.26. The van der Waals surface area contributed by atoms with Crippen molar-refractivity contribution in [3.8, 4) is 0 Å². The third kappa shape index (κ3) is 3.44. The summed E-state index contributed by atoms with van der Waals surface area (Å²) in [5, 5.41) is 1.39.